The van der Waals surface area contributed by atoms with E-state index in [0.29, 0.717) is 0 Å². The molecule has 1 aromatic rings. The number of fused-ring (bicyclic) bond motifs is 1. The highest BCUT2D eigenvalue weighted by Crippen LogP contribution is 2.46. The van der Waals surface area contributed by atoms with Crippen LogP contribution in [0.4, 0.5) is 0 Å². The van der Waals surface area contributed by atoms with E-state index in [1.165, 1.54) is 22.3 Å². The molecule has 1 nitrogen and oxygen atoms in total. The number of benzene rings is 1. The van der Waals surface area contributed by atoms with Gasteiger partial charge in [0.1, 0.15) is 0 Å². The molecule has 2 heteroatoms. The van der Waals surface area contributed by atoms with Gasteiger partial charge in [-0.25, -0.2) is 0 Å². The fourth-order valence-electron chi connectivity index (χ4n) is 2.21. The molecule has 2 N–H and O–H groups in total. The number of nitrogens with two attached hydrogens (primary N) is 1. The molecule has 1 unspecified atom stereocenters. The molecule has 0 spiro atoms. The second-order valence-corrected chi connectivity index (χ2v) is 6.59. The lowest BCUT2D eigenvalue weighted by atomic mass is 9.87. The molecule has 1 aromatic carbocycles. The van der Waals surface area contributed by atoms with Crippen LogP contribution in [-0.2, 0) is 5.75 Å². The van der Waals surface area contributed by atoms with Crippen LogP contribution < -0.4 is 5.73 Å². The summed E-state index contributed by atoms with van der Waals surface area (Å²) >= 11 is 1.97. The molecule has 0 aliphatic carbocycles. The maximum absolute atomic E-state index is 6.37. The Balaban J connectivity index is 2.60. The number of aryl methyl sites for hydroxylation is 2. The van der Waals surface area contributed by atoms with Crippen molar-refractivity contribution in [2.45, 2.75) is 44.2 Å². The summed E-state index contributed by atoms with van der Waals surface area (Å²) in [6, 6.07) is 4.56. The van der Waals surface area contributed by atoms with Gasteiger partial charge in [0, 0.05) is 16.5 Å². The van der Waals surface area contributed by atoms with E-state index in [1.54, 1.807) is 0 Å². The molecule has 0 radical (unpaired) electrons. The monoisotopic (exact) mass is 221 g/mol. The fourth-order valence-corrected chi connectivity index (χ4v) is 3.41. The maximum Gasteiger partial charge on any atom is 0.0444 e. The van der Waals surface area contributed by atoms with E-state index in [0.717, 1.165) is 5.75 Å². The van der Waals surface area contributed by atoms with Gasteiger partial charge >= 0.3 is 0 Å². The van der Waals surface area contributed by atoms with Crippen LogP contribution >= 0.6 is 11.8 Å². The van der Waals surface area contributed by atoms with Crippen molar-refractivity contribution in [1.29, 1.82) is 0 Å². The summed E-state index contributed by atoms with van der Waals surface area (Å²) in [4.78, 5) is 0. The van der Waals surface area contributed by atoms with Gasteiger partial charge in [0.25, 0.3) is 0 Å². The Labute approximate surface area is 96.4 Å². The second-order valence-electron chi connectivity index (χ2n) is 4.96. The van der Waals surface area contributed by atoms with Gasteiger partial charge in [-0.05, 0) is 49.9 Å². The molecular formula is C13H19NS. The van der Waals surface area contributed by atoms with E-state index < -0.39 is 0 Å². The fraction of sp³-hybridized carbons (Fsp3) is 0.538. The van der Waals surface area contributed by atoms with Gasteiger partial charge in [-0.1, -0.05) is 12.1 Å². The van der Waals surface area contributed by atoms with Crippen LogP contribution in [0.3, 0.4) is 0 Å². The minimum absolute atomic E-state index is 0.158. The average Bonchev–Trinajstić information content (AvgIpc) is 2.16. The van der Waals surface area contributed by atoms with Crippen molar-refractivity contribution in [3.63, 3.8) is 0 Å². The minimum atomic E-state index is 0.158. The summed E-state index contributed by atoms with van der Waals surface area (Å²) in [6.45, 7) is 8.84. The first-order valence-electron chi connectivity index (χ1n) is 5.42. The summed E-state index contributed by atoms with van der Waals surface area (Å²) in [5.74, 6) is 1.10. The van der Waals surface area contributed by atoms with Gasteiger partial charge in [-0.2, -0.15) is 0 Å². The van der Waals surface area contributed by atoms with Crippen molar-refractivity contribution < 1.29 is 0 Å². The molecule has 2 rings (SSSR count). The third kappa shape index (κ3) is 1.70. The zero-order chi connectivity index (χ0) is 11.2. The van der Waals surface area contributed by atoms with Gasteiger partial charge in [0.2, 0.25) is 0 Å². The maximum atomic E-state index is 6.37. The van der Waals surface area contributed by atoms with Crippen LogP contribution in [0.1, 0.15) is 42.1 Å². The van der Waals surface area contributed by atoms with Gasteiger partial charge in [-0.3, -0.25) is 0 Å². The SMILES string of the molecule is Cc1ccc(C)c2c1CSC(C)(C)C2N. The van der Waals surface area contributed by atoms with Gasteiger partial charge in [0.05, 0.1) is 0 Å². The molecular weight excluding hydrogens is 202 g/mol. The molecule has 0 aromatic heterocycles. The lowest BCUT2D eigenvalue weighted by Crippen LogP contribution is -2.36. The first-order chi connectivity index (χ1) is 6.93. The molecule has 0 saturated heterocycles. The Morgan fingerprint density at radius 2 is 1.87 bits per heavy atom. The summed E-state index contributed by atoms with van der Waals surface area (Å²) in [5.41, 5.74) is 12.0. The van der Waals surface area contributed by atoms with Gasteiger partial charge in [0.15, 0.2) is 0 Å². The first-order valence-corrected chi connectivity index (χ1v) is 6.40. The van der Waals surface area contributed by atoms with Crippen molar-refractivity contribution in [3.05, 3.63) is 34.4 Å². The van der Waals surface area contributed by atoms with Crippen molar-refractivity contribution >= 4 is 11.8 Å². The van der Waals surface area contributed by atoms with E-state index >= 15 is 0 Å². The van der Waals surface area contributed by atoms with Crippen molar-refractivity contribution in [1.82, 2.24) is 0 Å². The van der Waals surface area contributed by atoms with Crippen LogP contribution in [0.15, 0.2) is 12.1 Å². The molecule has 1 aliphatic heterocycles. The van der Waals surface area contributed by atoms with E-state index in [1.807, 2.05) is 11.8 Å². The summed E-state index contributed by atoms with van der Waals surface area (Å²) in [7, 11) is 0. The number of hydrogen-bond acceptors (Lipinski definition) is 2. The molecule has 1 aliphatic rings. The topological polar surface area (TPSA) is 26.0 Å². The van der Waals surface area contributed by atoms with Crippen LogP contribution in [0.5, 0.6) is 0 Å². The Kier molecular flexibility index (Phi) is 2.60. The summed E-state index contributed by atoms with van der Waals surface area (Å²) in [6.07, 6.45) is 0. The van der Waals surface area contributed by atoms with E-state index in [-0.39, 0.29) is 10.8 Å². The molecule has 15 heavy (non-hydrogen) atoms. The lowest BCUT2D eigenvalue weighted by molar-refractivity contribution is 0.548. The highest BCUT2D eigenvalue weighted by atomic mass is 32.2. The van der Waals surface area contributed by atoms with Gasteiger partial charge in [-0.15, -0.1) is 11.8 Å². The second kappa shape index (κ2) is 3.53. The number of hydrogen-bond donors (Lipinski definition) is 1. The average molecular weight is 221 g/mol. The summed E-state index contributed by atoms with van der Waals surface area (Å²) in [5, 5.41) is 0. The van der Waals surface area contributed by atoms with Crippen LogP contribution in [-0.4, -0.2) is 4.75 Å². The standard InChI is InChI=1S/C13H19NS/c1-8-5-6-9(2)11-10(8)7-15-13(3,4)12(11)14/h5-6,12H,7,14H2,1-4H3. The van der Waals surface area contributed by atoms with Crippen LogP contribution in [0, 0.1) is 13.8 Å². The highest BCUT2D eigenvalue weighted by Gasteiger charge is 2.35. The molecule has 0 bridgehead atoms. The predicted octanol–water partition coefficient (Wildman–Crippen LogP) is 3.33. The quantitative estimate of drug-likeness (QED) is 0.727. The van der Waals surface area contributed by atoms with Gasteiger partial charge < -0.3 is 5.73 Å². The Hall–Kier alpha value is -0.470. The number of thioether (sulfide) groups is 1. The number of rotatable bonds is 0. The van der Waals surface area contributed by atoms with E-state index in [9.17, 15) is 0 Å². The Morgan fingerprint density at radius 1 is 1.27 bits per heavy atom. The van der Waals surface area contributed by atoms with Crippen molar-refractivity contribution in [2.75, 3.05) is 0 Å². The normalized spacial score (nSPS) is 23.7. The third-order valence-electron chi connectivity index (χ3n) is 3.46. The van der Waals surface area contributed by atoms with Crippen molar-refractivity contribution in [3.8, 4) is 0 Å². The third-order valence-corrected chi connectivity index (χ3v) is 4.89. The lowest BCUT2D eigenvalue weighted by Gasteiger charge is -2.38. The first kappa shape index (κ1) is 11.0. The Morgan fingerprint density at radius 3 is 2.53 bits per heavy atom. The molecule has 82 valence electrons. The minimum Gasteiger partial charge on any atom is -0.323 e. The highest BCUT2D eigenvalue weighted by molar-refractivity contribution is 8.00. The predicted molar refractivity (Wildman–Crippen MR) is 68.2 cm³/mol. The van der Waals surface area contributed by atoms with E-state index in [2.05, 4.69) is 39.8 Å². The molecule has 0 fully saturated rings. The van der Waals surface area contributed by atoms with Crippen molar-refractivity contribution in [2.24, 2.45) is 5.73 Å². The van der Waals surface area contributed by atoms with Crippen LogP contribution in [0.25, 0.3) is 0 Å². The zero-order valence-corrected chi connectivity index (χ0v) is 10.7. The summed E-state index contributed by atoms with van der Waals surface area (Å²) < 4.78 is 0.158. The molecule has 0 amide bonds. The largest absolute Gasteiger partial charge is 0.323 e. The molecule has 1 atom stereocenters. The smallest absolute Gasteiger partial charge is 0.0444 e. The molecule has 0 saturated carbocycles. The zero-order valence-electron chi connectivity index (χ0n) is 9.92. The Bertz CT molecular complexity index is 396. The van der Waals surface area contributed by atoms with Crippen LogP contribution in [0.2, 0.25) is 0 Å². The molecule has 1 heterocycles. The van der Waals surface area contributed by atoms with E-state index in [4.69, 9.17) is 5.73 Å².